The van der Waals surface area contributed by atoms with E-state index < -0.39 is 0 Å². The number of hydrogen-bond acceptors (Lipinski definition) is 1. The number of benzene rings is 7. The van der Waals surface area contributed by atoms with Crippen molar-refractivity contribution < 1.29 is 0 Å². The van der Waals surface area contributed by atoms with E-state index in [4.69, 9.17) is 0 Å². The van der Waals surface area contributed by atoms with Gasteiger partial charge in [0.2, 0.25) is 0 Å². The van der Waals surface area contributed by atoms with Crippen LogP contribution in [0.3, 0.4) is 0 Å². The normalized spacial score (nSPS) is 12.4. The van der Waals surface area contributed by atoms with Gasteiger partial charge in [-0.15, -0.1) is 0 Å². The van der Waals surface area contributed by atoms with Gasteiger partial charge < -0.3 is 4.57 Å². The molecular formula is C42H27N3. The molecule has 2 aromatic heterocycles. The smallest absolute Gasteiger partial charge is 0.123 e. The first kappa shape index (κ1) is 24.4. The predicted octanol–water partition coefficient (Wildman–Crippen LogP) is 11.3. The lowest BCUT2D eigenvalue weighted by Crippen LogP contribution is -2.13. The van der Waals surface area contributed by atoms with E-state index in [1.165, 1.54) is 60.3 Å². The van der Waals surface area contributed by atoms with E-state index in [-0.39, 0.29) is 0 Å². The van der Waals surface area contributed by atoms with E-state index in [1.54, 1.807) is 0 Å². The third kappa shape index (κ3) is 3.41. The Labute approximate surface area is 260 Å². The molecule has 9 aromatic rings. The van der Waals surface area contributed by atoms with Crippen LogP contribution in [-0.4, -0.2) is 9.13 Å². The highest BCUT2D eigenvalue weighted by Gasteiger charge is 2.28. The van der Waals surface area contributed by atoms with Gasteiger partial charge in [0.05, 0.1) is 27.9 Å². The summed E-state index contributed by atoms with van der Waals surface area (Å²) < 4.78 is 4.85. The molecule has 0 bridgehead atoms. The van der Waals surface area contributed by atoms with Crippen molar-refractivity contribution in [2.45, 2.75) is 0 Å². The third-order valence-electron chi connectivity index (χ3n) is 9.43. The zero-order valence-electron chi connectivity index (χ0n) is 24.4. The van der Waals surface area contributed by atoms with E-state index >= 15 is 0 Å². The standard InChI is InChI=1S/C42H27N3/c1-2-13-29(14-3-1)43-37-19-9-6-18-34(37)35-24-23-30(26-41(35)43)44-38-20-10-7-16-32(38)33-17-8-11-21-39(33)45-40-25-22-28-12-4-5-15-31(28)36(40)27-42(44)45/h1-27H. The topological polar surface area (TPSA) is 13.1 Å². The Morgan fingerprint density at radius 1 is 0.333 bits per heavy atom. The largest absolute Gasteiger partial charge is 0.309 e. The molecule has 0 amide bonds. The predicted molar refractivity (Wildman–Crippen MR) is 189 cm³/mol. The SMILES string of the molecule is c1ccc(-n2c3ccccc3c3ccc(N4c5ccccc5-c5ccccc5-n5c4cc4c6ccccc6ccc45)cc32)cc1. The van der Waals surface area contributed by atoms with Gasteiger partial charge in [0.25, 0.3) is 0 Å². The molecule has 7 aromatic carbocycles. The van der Waals surface area contributed by atoms with Crippen molar-refractivity contribution in [3.8, 4) is 22.5 Å². The molecule has 0 saturated carbocycles. The first-order valence-electron chi connectivity index (χ1n) is 15.5. The Bertz CT molecular complexity index is 2600. The molecule has 0 N–H and O–H groups in total. The summed E-state index contributed by atoms with van der Waals surface area (Å²) >= 11 is 0. The van der Waals surface area contributed by atoms with Crippen LogP contribution < -0.4 is 4.90 Å². The van der Waals surface area contributed by atoms with Gasteiger partial charge in [-0.1, -0.05) is 109 Å². The summed E-state index contributed by atoms with van der Waals surface area (Å²) in [4.78, 5) is 2.45. The number of rotatable bonds is 2. The van der Waals surface area contributed by atoms with Crippen LogP contribution in [-0.2, 0) is 0 Å². The van der Waals surface area contributed by atoms with E-state index in [9.17, 15) is 0 Å². The van der Waals surface area contributed by atoms with Crippen LogP contribution in [0, 0.1) is 0 Å². The van der Waals surface area contributed by atoms with Crippen molar-refractivity contribution in [1.29, 1.82) is 0 Å². The summed E-state index contributed by atoms with van der Waals surface area (Å²) in [5.41, 5.74) is 10.7. The van der Waals surface area contributed by atoms with Gasteiger partial charge in [-0.05, 0) is 65.4 Å². The van der Waals surface area contributed by atoms with Crippen molar-refractivity contribution in [2.75, 3.05) is 4.90 Å². The number of para-hydroxylation sites is 4. The number of fused-ring (bicyclic) bond motifs is 12. The highest BCUT2D eigenvalue weighted by molar-refractivity contribution is 6.13. The average molecular weight is 574 g/mol. The van der Waals surface area contributed by atoms with Gasteiger partial charge >= 0.3 is 0 Å². The minimum Gasteiger partial charge on any atom is -0.309 e. The molecule has 45 heavy (non-hydrogen) atoms. The first-order valence-corrected chi connectivity index (χ1v) is 15.5. The Balaban J connectivity index is 1.34. The molecule has 1 aliphatic heterocycles. The van der Waals surface area contributed by atoms with E-state index in [2.05, 4.69) is 178 Å². The Morgan fingerprint density at radius 2 is 0.978 bits per heavy atom. The molecule has 0 atom stereocenters. The molecule has 0 saturated heterocycles. The van der Waals surface area contributed by atoms with E-state index in [1.807, 2.05) is 0 Å². The highest BCUT2D eigenvalue weighted by Crippen LogP contribution is 2.50. The van der Waals surface area contributed by atoms with Crippen LogP contribution in [0.15, 0.2) is 164 Å². The van der Waals surface area contributed by atoms with Gasteiger partial charge in [0, 0.05) is 38.7 Å². The van der Waals surface area contributed by atoms with E-state index in [0.29, 0.717) is 0 Å². The number of nitrogens with zero attached hydrogens (tertiary/aromatic N) is 3. The van der Waals surface area contributed by atoms with Gasteiger partial charge in [0.1, 0.15) is 5.82 Å². The minimum atomic E-state index is 1.12. The maximum Gasteiger partial charge on any atom is 0.123 e. The zero-order valence-corrected chi connectivity index (χ0v) is 24.4. The molecule has 10 rings (SSSR count). The summed E-state index contributed by atoms with van der Waals surface area (Å²) in [7, 11) is 0. The van der Waals surface area contributed by atoms with Crippen LogP contribution >= 0.6 is 0 Å². The Hall–Kier alpha value is -6.06. The van der Waals surface area contributed by atoms with E-state index in [0.717, 1.165) is 22.9 Å². The molecule has 0 spiro atoms. The second-order valence-electron chi connectivity index (χ2n) is 11.8. The van der Waals surface area contributed by atoms with Crippen molar-refractivity contribution in [1.82, 2.24) is 9.13 Å². The average Bonchev–Trinajstić information content (AvgIpc) is 3.61. The molecule has 1 aliphatic rings. The molecule has 0 fully saturated rings. The minimum absolute atomic E-state index is 1.12. The van der Waals surface area contributed by atoms with Crippen molar-refractivity contribution in [3.63, 3.8) is 0 Å². The molecule has 210 valence electrons. The number of hydrogen-bond donors (Lipinski definition) is 0. The number of anilines is 3. The van der Waals surface area contributed by atoms with Crippen LogP contribution in [0.25, 0.3) is 66.0 Å². The summed E-state index contributed by atoms with van der Waals surface area (Å²) in [6.45, 7) is 0. The van der Waals surface area contributed by atoms with Crippen molar-refractivity contribution >= 4 is 60.7 Å². The second-order valence-corrected chi connectivity index (χ2v) is 11.8. The molecular weight excluding hydrogens is 546 g/mol. The first-order chi connectivity index (χ1) is 22.3. The van der Waals surface area contributed by atoms with Crippen molar-refractivity contribution in [2.24, 2.45) is 0 Å². The fourth-order valence-corrected chi connectivity index (χ4v) is 7.51. The van der Waals surface area contributed by atoms with Crippen LogP contribution in [0.2, 0.25) is 0 Å². The van der Waals surface area contributed by atoms with Gasteiger partial charge in [-0.3, -0.25) is 9.47 Å². The maximum atomic E-state index is 2.45. The Morgan fingerprint density at radius 3 is 1.84 bits per heavy atom. The summed E-state index contributed by atoms with van der Waals surface area (Å²) in [6.07, 6.45) is 0. The molecule has 0 aliphatic carbocycles. The van der Waals surface area contributed by atoms with Crippen LogP contribution in [0.1, 0.15) is 0 Å². The molecule has 3 heterocycles. The second kappa shape index (κ2) is 9.22. The lowest BCUT2D eigenvalue weighted by Gasteiger charge is -2.26. The zero-order chi connectivity index (χ0) is 29.5. The van der Waals surface area contributed by atoms with Crippen LogP contribution in [0.4, 0.5) is 17.2 Å². The lowest BCUT2D eigenvalue weighted by atomic mass is 10.0. The molecule has 0 radical (unpaired) electrons. The Kier molecular flexibility index (Phi) is 5.00. The maximum absolute atomic E-state index is 2.45. The fraction of sp³-hybridized carbons (Fsp3) is 0. The van der Waals surface area contributed by atoms with Gasteiger partial charge in [-0.25, -0.2) is 0 Å². The summed E-state index contributed by atoms with van der Waals surface area (Å²) in [5.74, 6) is 1.13. The third-order valence-corrected chi connectivity index (χ3v) is 9.43. The van der Waals surface area contributed by atoms with Gasteiger partial charge in [0.15, 0.2) is 0 Å². The molecule has 3 heteroatoms. The lowest BCUT2D eigenvalue weighted by molar-refractivity contribution is 1.09. The monoisotopic (exact) mass is 573 g/mol. The fourth-order valence-electron chi connectivity index (χ4n) is 7.51. The summed E-state index contributed by atoms with van der Waals surface area (Å²) in [6, 6.07) is 59.6. The van der Waals surface area contributed by atoms with Crippen molar-refractivity contribution in [3.05, 3.63) is 164 Å². The number of aromatic nitrogens is 2. The van der Waals surface area contributed by atoms with Crippen LogP contribution in [0.5, 0.6) is 0 Å². The summed E-state index contributed by atoms with van der Waals surface area (Å²) in [5, 5.41) is 6.27. The highest BCUT2D eigenvalue weighted by atomic mass is 15.3. The molecule has 0 unspecified atom stereocenters. The molecule has 3 nitrogen and oxygen atoms in total. The quantitative estimate of drug-likeness (QED) is 0.200. The van der Waals surface area contributed by atoms with Gasteiger partial charge in [-0.2, -0.15) is 0 Å².